The zero-order valence-electron chi connectivity index (χ0n) is 20.2. The Kier molecular flexibility index (Phi) is 6.59. The number of nitrogens with zero attached hydrogens (tertiary/aromatic N) is 1. The molecule has 0 amide bonds. The van der Waals surface area contributed by atoms with Gasteiger partial charge in [0, 0.05) is 17.1 Å². The normalized spacial score (nSPS) is 11.0. The number of para-hydroxylation sites is 1. The maximum absolute atomic E-state index is 2.30. The van der Waals surface area contributed by atoms with Crippen LogP contribution in [0.3, 0.4) is 0 Å². The molecule has 5 aromatic carbocycles. The van der Waals surface area contributed by atoms with Crippen molar-refractivity contribution in [3.63, 3.8) is 0 Å². The van der Waals surface area contributed by atoms with Gasteiger partial charge in [0.1, 0.15) is 0 Å². The Morgan fingerprint density at radius 1 is 0.429 bits per heavy atom. The summed E-state index contributed by atoms with van der Waals surface area (Å²) < 4.78 is 0. The van der Waals surface area contributed by atoms with E-state index in [1.54, 1.807) is 0 Å². The van der Waals surface area contributed by atoms with E-state index in [1.165, 1.54) is 33.4 Å². The van der Waals surface area contributed by atoms with Crippen LogP contribution in [0.15, 0.2) is 127 Å². The fourth-order valence-corrected chi connectivity index (χ4v) is 4.25. The van der Waals surface area contributed by atoms with Crippen molar-refractivity contribution < 1.29 is 0 Å². The quantitative estimate of drug-likeness (QED) is 0.232. The number of hydrogen-bond donors (Lipinski definition) is 0. The molecular formula is C34H29N. The van der Waals surface area contributed by atoms with Crippen molar-refractivity contribution in [2.45, 2.75) is 13.8 Å². The van der Waals surface area contributed by atoms with Gasteiger partial charge in [0.25, 0.3) is 0 Å². The number of anilines is 3. The molecule has 1 nitrogen and oxygen atoms in total. The third kappa shape index (κ3) is 5.42. The molecule has 0 aromatic heterocycles. The molecule has 0 spiro atoms. The average molecular weight is 452 g/mol. The summed E-state index contributed by atoms with van der Waals surface area (Å²) in [6.07, 6.45) is 4.32. The highest BCUT2D eigenvalue weighted by Crippen LogP contribution is 2.35. The molecule has 0 saturated heterocycles. The second kappa shape index (κ2) is 10.3. The van der Waals surface area contributed by atoms with Gasteiger partial charge in [-0.2, -0.15) is 0 Å². The van der Waals surface area contributed by atoms with Crippen LogP contribution in [0.1, 0.15) is 22.3 Å². The van der Waals surface area contributed by atoms with Gasteiger partial charge >= 0.3 is 0 Å². The molecule has 0 heterocycles. The molecule has 0 saturated carbocycles. The van der Waals surface area contributed by atoms with E-state index < -0.39 is 0 Å². The van der Waals surface area contributed by atoms with Gasteiger partial charge in [0.2, 0.25) is 0 Å². The minimum atomic E-state index is 1.14. The Bertz CT molecular complexity index is 1410. The summed E-state index contributed by atoms with van der Waals surface area (Å²) in [7, 11) is 0. The first-order valence-corrected chi connectivity index (χ1v) is 12.0. The van der Waals surface area contributed by atoms with Gasteiger partial charge in [-0.15, -0.1) is 0 Å². The molecule has 0 bridgehead atoms. The molecule has 0 unspecified atom stereocenters. The highest BCUT2D eigenvalue weighted by atomic mass is 15.1. The predicted molar refractivity (Wildman–Crippen MR) is 151 cm³/mol. The third-order valence-electron chi connectivity index (χ3n) is 6.19. The SMILES string of the molecule is Cc1ccc(C=Cc2ccc(-c3ccc(N(c4ccccc4)c4cccc(C)c4)cc3)cc2)cc1. The molecule has 5 rings (SSSR count). The maximum atomic E-state index is 2.30. The largest absolute Gasteiger partial charge is 0.310 e. The molecule has 0 atom stereocenters. The van der Waals surface area contributed by atoms with Crippen molar-refractivity contribution in [2.75, 3.05) is 4.90 Å². The maximum Gasteiger partial charge on any atom is 0.0464 e. The molecule has 35 heavy (non-hydrogen) atoms. The Balaban J connectivity index is 1.38. The minimum Gasteiger partial charge on any atom is -0.310 e. The highest BCUT2D eigenvalue weighted by Gasteiger charge is 2.12. The van der Waals surface area contributed by atoms with Gasteiger partial charge in [0.15, 0.2) is 0 Å². The summed E-state index contributed by atoms with van der Waals surface area (Å²) in [4.78, 5) is 2.30. The highest BCUT2D eigenvalue weighted by molar-refractivity contribution is 5.79. The average Bonchev–Trinajstić information content (AvgIpc) is 2.90. The lowest BCUT2D eigenvalue weighted by molar-refractivity contribution is 1.27. The van der Waals surface area contributed by atoms with Gasteiger partial charge in [-0.05, 0) is 78.1 Å². The van der Waals surface area contributed by atoms with Gasteiger partial charge in [-0.3, -0.25) is 0 Å². The Hall–Kier alpha value is -4.36. The van der Waals surface area contributed by atoms with Gasteiger partial charge in [-0.1, -0.05) is 109 Å². The molecule has 5 aromatic rings. The molecule has 170 valence electrons. The molecule has 1 heteroatoms. The van der Waals surface area contributed by atoms with Crippen molar-refractivity contribution in [3.8, 4) is 11.1 Å². The van der Waals surface area contributed by atoms with Crippen LogP contribution in [0.4, 0.5) is 17.1 Å². The number of benzene rings is 5. The molecule has 0 aliphatic heterocycles. The molecule has 0 N–H and O–H groups in total. The second-order valence-corrected chi connectivity index (χ2v) is 8.92. The van der Waals surface area contributed by atoms with Crippen molar-refractivity contribution >= 4 is 29.2 Å². The topological polar surface area (TPSA) is 3.24 Å². The minimum absolute atomic E-state index is 1.14. The standard InChI is InChI=1S/C34H29N/c1-26-11-13-28(14-12-26)15-16-29-17-19-30(20-18-29)31-21-23-33(24-22-31)35(32-8-4-3-5-9-32)34-10-6-7-27(2)25-34/h3-25H,1-2H3. The first-order chi connectivity index (χ1) is 17.2. The Morgan fingerprint density at radius 2 is 0.943 bits per heavy atom. The molecule has 0 radical (unpaired) electrons. The van der Waals surface area contributed by atoms with Crippen molar-refractivity contribution in [2.24, 2.45) is 0 Å². The lowest BCUT2D eigenvalue weighted by Gasteiger charge is -2.26. The van der Waals surface area contributed by atoms with E-state index in [4.69, 9.17) is 0 Å². The van der Waals surface area contributed by atoms with Gasteiger partial charge in [-0.25, -0.2) is 0 Å². The molecular weight excluding hydrogens is 422 g/mol. The fraction of sp³-hybridized carbons (Fsp3) is 0.0588. The monoisotopic (exact) mass is 451 g/mol. The molecule has 0 fully saturated rings. The van der Waals surface area contributed by atoms with Crippen LogP contribution in [0.2, 0.25) is 0 Å². The lowest BCUT2D eigenvalue weighted by atomic mass is 10.0. The molecule has 0 aliphatic carbocycles. The second-order valence-electron chi connectivity index (χ2n) is 8.92. The van der Waals surface area contributed by atoms with Gasteiger partial charge in [0.05, 0.1) is 0 Å². The van der Waals surface area contributed by atoms with Crippen molar-refractivity contribution in [1.82, 2.24) is 0 Å². The van der Waals surface area contributed by atoms with E-state index in [0.717, 1.165) is 17.1 Å². The molecule has 0 aliphatic rings. The van der Waals surface area contributed by atoms with Crippen LogP contribution < -0.4 is 4.90 Å². The first kappa shape index (κ1) is 22.4. The third-order valence-corrected chi connectivity index (χ3v) is 6.19. The summed E-state index contributed by atoms with van der Waals surface area (Å²) in [5, 5.41) is 0. The number of hydrogen-bond acceptors (Lipinski definition) is 1. The number of rotatable bonds is 6. The van der Waals surface area contributed by atoms with E-state index in [2.05, 4.69) is 158 Å². The zero-order chi connectivity index (χ0) is 24.0. The van der Waals surface area contributed by atoms with Crippen LogP contribution in [-0.4, -0.2) is 0 Å². The summed E-state index contributed by atoms with van der Waals surface area (Å²) in [6.45, 7) is 4.25. The Labute approximate surface area is 208 Å². The lowest BCUT2D eigenvalue weighted by Crippen LogP contribution is -2.09. The van der Waals surface area contributed by atoms with Crippen molar-refractivity contribution in [3.05, 3.63) is 150 Å². The van der Waals surface area contributed by atoms with E-state index in [-0.39, 0.29) is 0 Å². The fourth-order valence-electron chi connectivity index (χ4n) is 4.25. The first-order valence-electron chi connectivity index (χ1n) is 12.0. The summed E-state index contributed by atoms with van der Waals surface area (Å²) in [5.41, 5.74) is 10.8. The van der Waals surface area contributed by atoms with Crippen molar-refractivity contribution in [1.29, 1.82) is 0 Å². The van der Waals surface area contributed by atoms with E-state index in [0.29, 0.717) is 0 Å². The van der Waals surface area contributed by atoms with Crippen LogP contribution in [0, 0.1) is 13.8 Å². The van der Waals surface area contributed by atoms with E-state index >= 15 is 0 Å². The predicted octanol–water partition coefficient (Wildman–Crippen LogP) is 9.61. The van der Waals surface area contributed by atoms with Crippen LogP contribution in [0.5, 0.6) is 0 Å². The van der Waals surface area contributed by atoms with E-state index in [9.17, 15) is 0 Å². The van der Waals surface area contributed by atoms with Crippen LogP contribution in [0.25, 0.3) is 23.3 Å². The smallest absolute Gasteiger partial charge is 0.0464 e. The summed E-state index contributed by atoms with van der Waals surface area (Å²) in [5.74, 6) is 0. The van der Waals surface area contributed by atoms with E-state index in [1.807, 2.05) is 0 Å². The summed E-state index contributed by atoms with van der Waals surface area (Å²) >= 11 is 0. The van der Waals surface area contributed by atoms with Gasteiger partial charge < -0.3 is 4.90 Å². The van der Waals surface area contributed by atoms with Crippen LogP contribution in [-0.2, 0) is 0 Å². The number of aryl methyl sites for hydroxylation is 2. The Morgan fingerprint density at radius 3 is 1.54 bits per heavy atom. The van der Waals surface area contributed by atoms with Crippen LogP contribution >= 0.6 is 0 Å². The zero-order valence-corrected chi connectivity index (χ0v) is 20.2. The summed E-state index contributed by atoms with van der Waals surface area (Å²) in [6, 6.07) is 45.3.